The SMILES string of the molecule is C[C@@H](CNC(=O)c1cccc(Br)c1Cl)[S@](C)=O. The van der Waals surface area contributed by atoms with Crippen LogP contribution in [0.1, 0.15) is 17.3 Å². The molecule has 0 saturated heterocycles. The lowest BCUT2D eigenvalue weighted by Gasteiger charge is -2.11. The number of hydrogen-bond acceptors (Lipinski definition) is 2. The summed E-state index contributed by atoms with van der Waals surface area (Å²) in [6, 6.07) is 5.16. The maximum absolute atomic E-state index is 11.8. The number of nitrogens with one attached hydrogen (secondary N) is 1. The first-order chi connectivity index (χ1) is 7.93. The van der Waals surface area contributed by atoms with E-state index in [1.807, 2.05) is 6.92 Å². The van der Waals surface area contributed by atoms with Crippen molar-refractivity contribution in [2.45, 2.75) is 12.2 Å². The lowest BCUT2D eigenvalue weighted by atomic mass is 10.2. The van der Waals surface area contributed by atoms with Gasteiger partial charge in [0.1, 0.15) is 0 Å². The smallest absolute Gasteiger partial charge is 0.252 e. The molecule has 0 bridgehead atoms. The van der Waals surface area contributed by atoms with Gasteiger partial charge in [0.2, 0.25) is 0 Å². The Bertz CT molecular complexity index is 453. The van der Waals surface area contributed by atoms with Gasteiger partial charge in [-0.25, -0.2) is 0 Å². The van der Waals surface area contributed by atoms with E-state index in [1.54, 1.807) is 24.5 Å². The number of carbonyl (C=O) groups is 1. The van der Waals surface area contributed by atoms with E-state index in [9.17, 15) is 9.00 Å². The predicted octanol–water partition coefficient (Wildman–Crippen LogP) is 2.60. The quantitative estimate of drug-likeness (QED) is 0.917. The van der Waals surface area contributed by atoms with Crippen LogP contribution in [-0.4, -0.2) is 28.2 Å². The molecule has 0 fully saturated rings. The van der Waals surface area contributed by atoms with Gasteiger partial charge in [0.05, 0.1) is 10.6 Å². The zero-order valence-corrected chi connectivity index (χ0v) is 12.7. The fourth-order valence-electron chi connectivity index (χ4n) is 1.13. The fourth-order valence-corrected chi connectivity index (χ4v) is 2.02. The molecule has 1 aromatic rings. The van der Waals surface area contributed by atoms with Crippen LogP contribution in [0.15, 0.2) is 22.7 Å². The van der Waals surface area contributed by atoms with Crippen molar-refractivity contribution in [3.8, 4) is 0 Å². The molecule has 1 amide bonds. The van der Waals surface area contributed by atoms with Gasteiger partial charge in [-0.1, -0.05) is 17.7 Å². The lowest BCUT2D eigenvalue weighted by Crippen LogP contribution is -2.32. The van der Waals surface area contributed by atoms with E-state index in [4.69, 9.17) is 11.6 Å². The van der Waals surface area contributed by atoms with E-state index in [-0.39, 0.29) is 11.2 Å². The Morgan fingerprint density at radius 1 is 1.59 bits per heavy atom. The normalized spacial score (nSPS) is 14.1. The summed E-state index contributed by atoms with van der Waals surface area (Å²) in [5, 5.41) is 3.02. The van der Waals surface area contributed by atoms with Crippen LogP contribution in [0.4, 0.5) is 0 Å². The molecule has 1 N–H and O–H groups in total. The molecule has 94 valence electrons. The van der Waals surface area contributed by atoms with Crippen molar-refractivity contribution >= 4 is 44.2 Å². The molecule has 2 atom stereocenters. The summed E-state index contributed by atoms with van der Waals surface area (Å²) in [7, 11) is -0.950. The fraction of sp³-hybridized carbons (Fsp3) is 0.364. The Morgan fingerprint density at radius 2 is 2.24 bits per heavy atom. The van der Waals surface area contributed by atoms with Crippen LogP contribution in [0.5, 0.6) is 0 Å². The third kappa shape index (κ3) is 4.08. The van der Waals surface area contributed by atoms with E-state index in [0.29, 0.717) is 21.6 Å². The predicted molar refractivity (Wildman–Crippen MR) is 75.0 cm³/mol. The lowest BCUT2D eigenvalue weighted by molar-refractivity contribution is 0.0954. The maximum Gasteiger partial charge on any atom is 0.252 e. The van der Waals surface area contributed by atoms with E-state index in [2.05, 4.69) is 21.2 Å². The molecular formula is C11H13BrClNO2S. The second-order valence-electron chi connectivity index (χ2n) is 3.62. The zero-order valence-electron chi connectivity index (χ0n) is 9.50. The highest BCUT2D eigenvalue weighted by Crippen LogP contribution is 2.25. The molecule has 0 radical (unpaired) electrons. The highest BCUT2D eigenvalue weighted by atomic mass is 79.9. The minimum Gasteiger partial charge on any atom is -0.351 e. The van der Waals surface area contributed by atoms with Crippen LogP contribution >= 0.6 is 27.5 Å². The highest BCUT2D eigenvalue weighted by molar-refractivity contribution is 9.10. The Kier molecular flexibility index (Phi) is 5.62. The first-order valence-electron chi connectivity index (χ1n) is 4.98. The number of benzene rings is 1. The summed E-state index contributed by atoms with van der Waals surface area (Å²) in [5.74, 6) is -0.256. The molecule has 1 rings (SSSR count). The minimum atomic E-state index is -0.950. The first kappa shape index (κ1) is 14.7. The number of amides is 1. The van der Waals surface area contributed by atoms with Gasteiger partial charge < -0.3 is 5.32 Å². The van der Waals surface area contributed by atoms with E-state index in [1.165, 1.54) is 0 Å². The molecule has 17 heavy (non-hydrogen) atoms. The Balaban J connectivity index is 2.71. The monoisotopic (exact) mass is 337 g/mol. The molecular weight excluding hydrogens is 326 g/mol. The molecule has 3 nitrogen and oxygen atoms in total. The maximum atomic E-state index is 11.8. The highest BCUT2D eigenvalue weighted by Gasteiger charge is 2.14. The van der Waals surface area contributed by atoms with Crippen molar-refractivity contribution in [3.63, 3.8) is 0 Å². The van der Waals surface area contributed by atoms with Crippen molar-refractivity contribution in [2.24, 2.45) is 0 Å². The molecule has 0 heterocycles. The molecule has 0 aromatic heterocycles. The average Bonchev–Trinajstić information content (AvgIpc) is 2.29. The van der Waals surface area contributed by atoms with E-state index < -0.39 is 10.8 Å². The topological polar surface area (TPSA) is 46.2 Å². The molecule has 6 heteroatoms. The van der Waals surface area contributed by atoms with Gasteiger partial charge in [0.15, 0.2) is 0 Å². The average molecular weight is 339 g/mol. The minimum absolute atomic E-state index is 0.0788. The van der Waals surface area contributed by atoms with Crippen molar-refractivity contribution in [3.05, 3.63) is 33.3 Å². The van der Waals surface area contributed by atoms with Gasteiger partial charge in [-0.3, -0.25) is 9.00 Å². The van der Waals surface area contributed by atoms with Crippen LogP contribution in [-0.2, 0) is 10.8 Å². The zero-order chi connectivity index (χ0) is 13.0. The summed E-state index contributed by atoms with van der Waals surface area (Å²) < 4.78 is 11.8. The van der Waals surface area contributed by atoms with Crippen molar-refractivity contribution in [2.75, 3.05) is 12.8 Å². The van der Waals surface area contributed by atoms with Gasteiger partial charge in [-0.15, -0.1) is 0 Å². The van der Waals surface area contributed by atoms with Gasteiger partial charge in [-0.2, -0.15) is 0 Å². The first-order valence-corrected chi connectivity index (χ1v) is 7.77. The Labute approximate surface area is 117 Å². The van der Waals surface area contributed by atoms with E-state index >= 15 is 0 Å². The summed E-state index contributed by atoms with van der Waals surface area (Å²) in [4.78, 5) is 11.8. The van der Waals surface area contributed by atoms with E-state index in [0.717, 1.165) is 0 Å². The summed E-state index contributed by atoms with van der Waals surface area (Å²) >= 11 is 9.26. The molecule has 0 aliphatic heterocycles. The third-order valence-electron chi connectivity index (χ3n) is 2.31. The Morgan fingerprint density at radius 3 is 2.82 bits per heavy atom. The third-order valence-corrected chi connectivity index (χ3v) is 4.91. The summed E-state index contributed by atoms with van der Waals surface area (Å²) in [6.45, 7) is 2.18. The van der Waals surface area contributed by atoms with Gasteiger partial charge >= 0.3 is 0 Å². The molecule has 0 spiro atoms. The Hall–Kier alpha value is -0.390. The van der Waals surface area contributed by atoms with Crippen molar-refractivity contribution in [1.82, 2.24) is 5.32 Å². The van der Waals surface area contributed by atoms with Crippen LogP contribution in [0.3, 0.4) is 0 Å². The van der Waals surface area contributed by atoms with Gasteiger partial charge in [0.25, 0.3) is 5.91 Å². The summed E-state index contributed by atoms with van der Waals surface area (Å²) in [5.41, 5.74) is 0.412. The van der Waals surface area contributed by atoms with Crippen LogP contribution in [0.25, 0.3) is 0 Å². The number of halogens is 2. The molecule has 0 saturated carbocycles. The van der Waals surface area contributed by atoms with Crippen LogP contribution in [0.2, 0.25) is 5.02 Å². The van der Waals surface area contributed by atoms with Gasteiger partial charge in [0, 0.05) is 33.3 Å². The summed E-state index contributed by atoms with van der Waals surface area (Å²) in [6.07, 6.45) is 1.61. The molecule has 0 unspecified atom stereocenters. The largest absolute Gasteiger partial charge is 0.351 e. The molecule has 0 aliphatic rings. The van der Waals surface area contributed by atoms with Crippen LogP contribution < -0.4 is 5.32 Å². The number of hydrogen-bond donors (Lipinski definition) is 1. The molecule has 0 aliphatic carbocycles. The molecule has 1 aromatic carbocycles. The number of rotatable bonds is 4. The van der Waals surface area contributed by atoms with Crippen LogP contribution in [0, 0.1) is 0 Å². The second kappa shape index (κ2) is 6.52. The second-order valence-corrected chi connectivity index (χ2v) is 6.65. The number of carbonyl (C=O) groups excluding carboxylic acids is 1. The van der Waals surface area contributed by atoms with Gasteiger partial charge in [-0.05, 0) is 35.0 Å². The standard InChI is InChI=1S/C11H13BrClNO2S/c1-7(17(2)16)6-14-11(15)8-4-3-5-9(12)10(8)13/h3-5,7H,6H2,1-2H3,(H,14,15)/t7-,17-/m0/s1. The van der Waals surface area contributed by atoms with Crippen molar-refractivity contribution < 1.29 is 9.00 Å². The van der Waals surface area contributed by atoms with Crippen molar-refractivity contribution in [1.29, 1.82) is 0 Å².